The second-order valence-corrected chi connectivity index (χ2v) is 7.45. The molecule has 7 nitrogen and oxygen atoms in total. The van der Waals surface area contributed by atoms with Crippen LogP contribution < -0.4 is 5.32 Å². The molecule has 1 aromatic carbocycles. The van der Waals surface area contributed by atoms with Crippen LogP contribution in [0.2, 0.25) is 0 Å². The third kappa shape index (κ3) is 4.75. The Morgan fingerprint density at radius 1 is 1.18 bits per heavy atom. The Balaban J connectivity index is 1.53. The van der Waals surface area contributed by atoms with Gasteiger partial charge in [0.2, 0.25) is 0 Å². The van der Waals surface area contributed by atoms with E-state index in [4.69, 9.17) is 4.74 Å². The number of amides is 1. The predicted molar refractivity (Wildman–Crippen MR) is 109 cm³/mol. The summed E-state index contributed by atoms with van der Waals surface area (Å²) in [6.07, 6.45) is 0.646. The molecule has 0 spiro atoms. The molecule has 8 heteroatoms. The number of halogens is 1. The zero-order valence-electron chi connectivity index (χ0n) is 16.0. The molecule has 0 bridgehead atoms. The number of aromatic nitrogens is 3. The summed E-state index contributed by atoms with van der Waals surface area (Å²) < 4.78 is 7.79. The Morgan fingerprint density at radius 3 is 2.61 bits per heavy atom. The van der Waals surface area contributed by atoms with E-state index in [1.54, 1.807) is 16.6 Å². The third-order valence-corrected chi connectivity index (χ3v) is 4.89. The number of fused-ring (bicyclic) bond motifs is 1. The van der Waals surface area contributed by atoms with Crippen LogP contribution in [0, 0.1) is 20.8 Å². The number of anilines is 1. The molecule has 0 aliphatic carbocycles. The topological polar surface area (TPSA) is 85.6 Å². The monoisotopic (exact) mass is 444 g/mol. The lowest BCUT2D eigenvalue weighted by molar-refractivity contribution is -0.147. The van der Waals surface area contributed by atoms with Gasteiger partial charge in [-0.25, -0.2) is 9.50 Å². The van der Waals surface area contributed by atoms with E-state index in [0.29, 0.717) is 12.1 Å². The van der Waals surface area contributed by atoms with Crippen molar-refractivity contribution in [3.63, 3.8) is 0 Å². The molecule has 1 amide bonds. The van der Waals surface area contributed by atoms with Gasteiger partial charge in [-0.15, -0.1) is 0 Å². The summed E-state index contributed by atoms with van der Waals surface area (Å²) in [7, 11) is 0. The summed E-state index contributed by atoms with van der Waals surface area (Å²) in [5.41, 5.74) is 5.12. The van der Waals surface area contributed by atoms with Crippen molar-refractivity contribution in [1.82, 2.24) is 14.6 Å². The first-order chi connectivity index (χ1) is 13.3. The van der Waals surface area contributed by atoms with Crippen LogP contribution in [0.4, 0.5) is 5.69 Å². The molecular formula is C20H21BrN4O3. The highest BCUT2D eigenvalue weighted by Crippen LogP contribution is 2.17. The Hall–Kier alpha value is -2.74. The van der Waals surface area contributed by atoms with Crippen LogP contribution in [0.3, 0.4) is 0 Å². The lowest BCUT2D eigenvalue weighted by atomic mass is 10.1. The van der Waals surface area contributed by atoms with E-state index in [0.717, 1.165) is 32.8 Å². The Kier molecular flexibility index (Phi) is 6.08. The number of aryl methyl sites for hydroxylation is 3. The molecule has 2 heterocycles. The van der Waals surface area contributed by atoms with Crippen molar-refractivity contribution in [1.29, 1.82) is 0 Å². The number of rotatable bonds is 6. The molecule has 0 saturated carbocycles. The van der Waals surface area contributed by atoms with Crippen LogP contribution >= 0.6 is 15.9 Å². The van der Waals surface area contributed by atoms with Gasteiger partial charge in [0.1, 0.15) is 0 Å². The van der Waals surface area contributed by atoms with Crippen molar-refractivity contribution in [2.75, 3.05) is 11.9 Å². The van der Waals surface area contributed by atoms with Crippen LogP contribution in [0.25, 0.3) is 5.65 Å². The number of benzene rings is 1. The second kappa shape index (κ2) is 8.52. The van der Waals surface area contributed by atoms with E-state index >= 15 is 0 Å². The van der Waals surface area contributed by atoms with Crippen LogP contribution in [0.15, 0.2) is 34.8 Å². The molecule has 0 fully saturated rings. The van der Waals surface area contributed by atoms with E-state index < -0.39 is 5.97 Å². The van der Waals surface area contributed by atoms with Gasteiger partial charge in [-0.2, -0.15) is 5.10 Å². The number of carbonyl (C=O) groups excluding carboxylic acids is 2. The molecule has 0 saturated heterocycles. The van der Waals surface area contributed by atoms with Gasteiger partial charge in [-0.05, 0) is 57.0 Å². The molecule has 146 valence electrons. The molecule has 2 aromatic heterocycles. The third-order valence-electron chi connectivity index (χ3n) is 4.36. The van der Waals surface area contributed by atoms with E-state index in [9.17, 15) is 9.59 Å². The lowest BCUT2D eigenvalue weighted by Gasteiger charge is -2.11. The maximum atomic E-state index is 12.1. The van der Waals surface area contributed by atoms with Crippen molar-refractivity contribution in [2.24, 2.45) is 0 Å². The summed E-state index contributed by atoms with van der Waals surface area (Å²) in [5, 5.41) is 7.11. The first-order valence-corrected chi connectivity index (χ1v) is 9.66. The molecule has 28 heavy (non-hydrogen) atoms. The number of hydrogen-bond donors (Lipinski definition) is 1. The van der Waals surface area contributed by atoms with Crippen molar-refractivity contribution in [3.8, 4) is 0 Å². The van der Waals surface area contributed by atoms with Gasteiger partial charge in [0, 0.05) is 34.0 Å². The minimum atomic E-state index is -0.429. The van der Waals surface area contributed by atoms with Crippen molar-refractivity contribution < 1.29 is 14.3 Å². The number of nitrogens with one attached hydrogen (secondary N) is 1. The maximum absolute atomic E-state index is 12.1. The number of hydrogen-bond acceptors (Lipinski definition) is 5. The molecule has 0 aliphatic heterocycles. The molecule has 1 N–H and O–H groups in total. The van der Waals surface area contributed by atoms with Gasteiger partial charge in [-0.1, -0.05) is 15.9 Å². The number of esters is 1. The van der Waals surface area contributed by atoms with E-state index in [2.05, 4.69) is 31.3 Å². The number of nitrogens with zero attached hydrogens (tertiary/aromatic N) is 3. The van der Waals surface area contributed by atoms with E-state index in [-0.39, 0.29) is 18.9 Å². The van der Waals surface area contributed by atoms with Gasteiger partial charge >= 0.3 is 5.97 Å². The highest BCUT2D eigenvalue weighted by atomic mass is 79.9. The van der Waals surface area contributed by atoms with Crippen LogP contribution in [-0.2, 0) is 20.7 Å². The Labute approximate surface area is 171 Å². The van der Waals surface area contributed by atoms with Crippen LogP contribution in [0.5, 0.6) is 0 Å². The smallest absolute Gasteiger partial charge is 0.306 e. The number of ether oxygens (including phenoxy) is 1. The molecule has 0 unspecified atom stereocenters. The highest BCUT2D eigenvalue weighted by molar-refractivity contribution is 9.10. The van der Waals surface area contributed by atoms with Gasteiger partial charge in [0.15, 0.2) is 12.3 Å². The highest BCUT2D eigenvalue weighted by Gasteiger charge is 2.14. The molecule has 0 radical (unpaired) electrons. The number of carbonyl (C=O) groups is 2. The van der Waals surface area contributed by atoms with Crippen molar-refractivity contribution >= 4 is 39.1 Å². The van der Waals surface area contributed by atoms with Gasteiger partial charge in [0.05, 0.1) is 5.69 Å². The summed E-state index contributed by atoms with van der Waals surface area (Å²) in [5.74, 6) is -0.806. The summed E-state index contributed by atoms with van der Waals surface area (Å²) >= 11 is 3.33. The SMILES string of the molecule is Cc1cc2nc(C)c(CCC(=O)OCC(=O)Nc3ccc(Br)cc3)c(C)n2n1. The van der Waals surface area contributed by atoms with E-state index in [1.165, 1.54) is 0 Å². The van der Waals surface area contributed by atoms with Gasteiger partial charge in [-0.3, -0.25) is 9.59 Å². The molecule has 3 rings (SSSR count). The maximum Gasteiger partial charge on any atom is 0.306 e. The second-order valence-electron chi connectivity index (χ2n) is 6.53. The Morgan fingerprint density at radius 2 is 1.89 bits per heavy atom. The average Bonchev–Trinajstić information content (AvgIpc) is 3.02. The largest absolute Gasteiger partial charge is 0.456 e. The first-order valence-electron chi connectivity index (χ1n) is 8.87. The minimum Gasteiger partial charge on any atom is -0.456 e. The molecule has 0 atom stereocenters. The normalized spacial score (nSPS) is 10.9. The summed E-state index contributed by atoms with van der Waals surface area (Å²) in [6.45, 7) is 5.48. The predicted octanol–water partition coefficient (Wildman–Crippen LogP) is 3.53. The fourth-order valence-corrected chi connectivity index (χ4v) is 3.24. The average molecular weight is 445 g/mol. The van der Waals surface area contributed by atoms with Gasteiger partial charge in [0.25, 0.3) is 5.91 Å². The van der Waals surface area contributed by atoms with E-state index in [1.807, 2.05) is 39.0 Å². The zero-order valence-corrected chi connectivity index (χ0v) is 17.5. The Bertz CT molecular complexity index is 1030. The summed E-state index contributed by atoms with van der Waals surface area (Å²) in [6, 6.07) is 9.07. The molecular weight excluding hydrogens is 424 g/mol. The standard InChI is InChI=1S/C20H21BrN4O3/c1-12-10-18-22-13(2)17(14(3)25(18)24-12)8-9-20(27)28-11-19(26)23-16-6-4-15(21)5-7-16/h4-7,10H,8-9,11H2,1-3H3,(H,23,26). The minimum absolute atomic E-state index is 0.167. The van der Waals surface area contributed by atoms with Crippen molar-refractivity contribution in [3.05, 3.63) is 57.4 Å². The lowest BCUT2D eigenvalue weighted by Crippen LogP contribution is -2.21. The first kappa shape index (κ1) is 20.0. The fraction of sp³-hybridized carbons (Fsp3) is 0.300. The van der Waals surface area contributed by atoms with Gasteiger partial charge < -0.3 is 10.1 Å². The van der Waals surface area contributed by atoms with Crippen LogP contribution in [-0.4, -0.2) is 33.1 Å². The summed E-state index contributed by atoms with van der Waals surface area (Å²) in [4.78, 5) is 28.5. The van der Waals surface area contributed by atoms with Crippen molar-refractivity contribution in [2.45, 2.75) is 33.6 Å². The van der Waals surface area contributed by atoms with Crippen LogP contribution in [0.1, 0.15) is 29.1 Å². The molecule has 3 aromatic rings. The fourth-order valence-electron chi connectivity index (χ4n) is 2.98. The quantitative estimate of drug-likeness (QED) is 0.587. The molecule has 0 aliphatic rings. The zero-order chi connectivity index (χ0) is 20.3.